The molecule has 6 heteroatoms. The molecule has 0 radical (unpaired) electrons. The lowest BCUT2D eigenvalue weighted by Gasteiger charge is -2.12. The molecule has 110 valence electrons. The molecule has 1 unspecified atom stereocenters. The Hall–Kier alpha value is -1.85. The Labute approximate surface area is 117 Å². The second-order valence-corrected chi connectivity index (χ2v) is 5.17. The largest absolute Gasteiger partial charge is 0.481 e. The van der Waals surface area contributed by atoms with Gasteiger partial charge in [-0.15, -0.1) is 0 Å². The Kier molecular flexibility index (Phi) is 4.76. The van der Waals surface area contributed by atoms with Crippen LogP contribution in [0.15, 0.2) is 4.52 Å². The third kappa shape index (κ3) is 3.18. The van der Waals surface area contributed by atoms with Crippen molar-refractivity contribution in [2.24, 2.45) is 5.92 Å². The normalized spacial score (nSPS) is 15.4. The number of aromatic nitrogens is 1. The average molecular weight is 280 g/mol. The van der Waals surface area contributed by atoms with E-state index in [1.54, 1.807) is 0 Å². The van der Waals surface area contributed by atoms with Crippen molar-refractivity contribution >= 4 is 11.9 Å². The van der Waals surface area contributed by atoms with Gasteiger partial charge >= 0.3 is 5.97 Å². The van der Waals surface area contributed by atoms with Crippen LogP contribution in [0.5, 0.6) is 0 Å². The molecule has 2 rings (SSSR count). The van der Waals surface area contributed by atoms with Gasteiger partial charge in [-0.05, 0) is 25.7 Å². The van der Waals surface area contributed by atoms with Crippen molar-refractivity contribution in [2.45, 2.75) is 45.4 Å². The van der Waals surface area contributed by atoms with Gasteiger partial charge in [0, 0.05) is 18.5 Å². The SMILES string of the molecule is CCCC(CNC(=O)c1noc2c1CCCC2)C(=O)O. The van der Waals surface area contributed by atoms with E-state index < -0.39 is 11.9 Å². The first kappa shape index (κ1) is 14.6. The van der Waals surface area contributed by atoms with E-state index in [1.165, 1.54) is 0 Å². The number of nitrogens with zero attached hydrogens (tertiary/aromatic N) is 1. The van der Waals surface area contributed by atoms with Crippen LogP contribution in [0.1, 0.15) is 54.4 Å². The van der Waals surface area contributed by atoms with Crippen molar-refractivity contribution in [1.29, 1.82) is 0 Å². The van der Waals surface area contributed by atoms with Gasteiger partial charge in [0.15, 0.2) is 5.69 Å². The van der Waals surface area contributed by atoms with E-state index in [-0.39, 0.29) is 12.5 Å². The Morgan fingerprint density at radius 1 is 1.40 bits per heavy atom. The molecule has 0 saturated heterocycles. The molecule has 1 aromatic heterocycles. The number of rotatable bonds is 6. The number of carbonyl (C=O) groups is 2. The summed E-state index contributed by atoms with van der Waals surface area (Å²) in [7, 11) is 0. The maximum absolute atomic E-state index is 12.1. The first-order valence-corrected chi connectivity index (χ1v) is 7.12. The van der Waals surface area contributed by atoms with E-state index in [0.29, 0.717) is 12.1 Å². The fourth-order valence-corrected chi connectivity index (χ4v) is 2.52. The number of hydrogen-bond acceptors (Lipinski definition) is 4. The van der Waals surface area contributed by atoms with E-state index in [9.17, 15) is 9.59 Å². The molecule has 20 heavy (non-hydrogen) atoms. The number of carboxylic acid groups (broad SMARTS) is 1. The number of amides is 1. The molecule has 1 aromatic rings. The van der Waals surface area contributed by atoms with Crippen molar-refractivity contribution < 1.29 is 19.2 Å². The quantitative estimate of drug-likeness (QED) is 0.828. The van der Waals surface area contributed by atoms with Crippen molar-refractivity contribution in [3.05, 3.63) is 17.0 Å². The number of aliphatic carboxylic acids is 1. The van der Waals surface area contributed by atoms with Crippen LogP contribution in [0, 0.1) is 5.92 Å². The van der Waals surface area contributed by atoms with Crippen LogP contribution in [0.25, 0.3) is 0 Å². The highest BCUT2D eigenvalue weighted by Crippen LogP contribution is 2.24. The van der Waals surface area contributed by atoms with Gasteiger partial charge in [-0.25, -0.2) is 0 Å². The van der Waals surface area contributed by atoms with Crippen LogP contribution in [0.4, 0.5) is 0 Å². The van der Waals surface area contributed by atoms with Gasteiger partial charge in [0.05, 0.1) is 5.92 Å². The Bertz CT molecular complexity index is 495. The summed E-state index contributed by atoms with van der Waals surface area (Å²) < 4.78 is 5.18. The highest BCUT2D eigenvalue weighted by atomic mass is 16.5. The maximum Gasteiger partial charge on any atom is 0.308 e. The highest BCUT2D eigenvalue weighted by Gasteiger charge is 2.25. The van der Waals surface area contributed by atoms with Crippen LogP contribution in [0.3, 0.4) is 0 Å². The lowest BCUT2D eigenvalue weighted by atomic mass is 9.96. The lowest BCUT2D eigenvalue weighted by Crippen LogP contribution is -2.33. The van der Waals surface area contributed by atoms with Crippen LogP contribution in [-0.2, 0) is 17.6 Å². The molecular formula is C14H20N2O4. The summed E-state index contributed by atoms with van der Waals surface area (Å²) in [6, 6.07) is 0. The predicted octanol–water partition coefficient (Wildman–Crippen LogP) is 1.78. The van der Waals surface area contributed by atoms with Gasteiger partial charge in [0.1, 0.15) is 5.76 Å². The number of carbonyl (C=O) groups excluding carboxylic acids is 1. The zero-order valence-electron chi connectivity index (χ0n) is 11.6. The van der Waals surface area contributed by atoms with Crippen molar-refractivity contribution in [2.75, 3.05) is 6.54 Å². The van der Waals surface area contributed by atoms with Gasteiger partial charge in [-0.2, -0.15) is 0 Å². The van der Waals surface area contributed by atoms with Crippen LogP contribution >= 0.6 is 0 Å². The first-order valence-electron chi connectivity index (χ1n) is 7.12. The van der Waals surface area contributed by atoms with E-state index in [0.717, 1.165) is 43.4 Å². The Morgan fingerprint density at radius 3 is 2.85 bits per heavy atom. The van der Waals surface area contributed by atoms with Crippen molar-refractivity contribution in [1.82, 2.24) is 10.5 Å². The summed E-state index contributed by atoms with van der Waals surface area (Å²) in [5, 5.41) is 15.5. The van der Waals surface area contributed by atoms with Gasteiger partial charge < -0.3 is 14.9 Å². The smallest absolute Gasteiger partial charge is 0.308 e. The zero-order valence-corrected chi connectivity index (χ0v) is 11.6. The molecule has 6 nitrogen and oxygen atoms in total. The van der Waals surface area contributed by atoms with Crippen LogP contribution in [0.2, 0.25) is 0 Å². The molecule has 0 aliphatic heterocycles. The maximum atomic E-state index is 12.1. The molecule has 1 aliphatic carbocycles. The summed E-state index contributed by atoms with van der Waals surface area (Å²) in [4.78, 5) is 23.1. The molecule has 0 aromatic carbocycles. The molecule has 1 atom stereocenters. The van der Waals surface area contributed by atoms with E-state index >= 15 is 0 Å². The van der Waals surface area contributed by atoms with E-state index in [1.807, 2.05) is 6.92 Å². The molecule has 1 heterocycles. The van der Waals surface area contributed by atoms with Gasteiger partial charge in [-0.3, -0.25) is 9.59 Å². The minimum absolute atomic E-state index is 0.129. The number of fused-ring (bicyclic) bond motifs is 1. The summed E-state index contributed by atoms with van der Waals surface area (Å²) >= 11 is 0. The molecule has 0 saturated carbocycles. The second-order valence-electron chi connectivity index (χ2n) is 5.17. The highest BCUT2D eigenvalue weighted by molar-refractivity contribution is 5.94. The van der Waals surface area contributed by atoms with Gasteiger partial charge in [0.2, 0.25) is 0 Å². The van der Waals surface area contributed by atoms with Crippen molar-refractivity contribution in [3.63, 3.8) is 0 Å². The fourth-order valence-electron chi connectivity index (χ4n) is 2.52. The standard InChI is InChI=1S/C14H20N2O4/c1-2-5-9(14(18)19)8-15-13(17)12-10-6-3-4-7-11(10)20-16-12/h9H,2-8H2,1H3,(H,15,17)(H,18,19). The summed E-state index contributed by atoms with van der Waals surface area (Å²) in [5.41, 5.74) is 1.21. The molecule has 2 N–H and O–H groups in total. The zero-order chi connectivity index (χ0) is 14.5. The lowest BCUT2D eigenvalue weighted by molar-refractivity contribution is -0.141. The van der Waals surface area contributed by atoms with Crippen LogP contribution in [-0.4, -0.2) is 28.7 Å². The predicted molar refractivity (Wildman–Crippen MR) is 71.5 cm³/mol. The van der Waals surface area contributed by atoms with Crippen molar-refractivity contribution in [3.8, 4) is 0 Å². The molecule has 0 bridgehead atoms. The van der Waals surface area contributed by atoms with E-state index in [4.69, 9.17) is 9.63 Å². The van der Waals surface area contributed by atoms with Crippen LogP contribution < -0.4 is 5.32 Å². The average Bonchev–Trinajstić information content (AvgIpc) is 2.86. The molecule has 1 amide bonds. The second kappa shape index (κ2) is 6.54. The summed E-state index contributed by atoms with van der Waals surface area (Å²) in [6.07, 6.45) is 5.03. The van der Waals surface area contributed by atoms with E-state index in [2.05, 4.69) is 10.5 Å². The minimum Gasteiger partial charge on any atom is -0.481 e. The summed E-state index contributed by atoms with van der Waals surface area (Å²) in [5.74, 6) is -0.968. The third-order valence-electron chi connectivity index (χ3n) is 3.66. The minimum atomic E-state index is -0.880. The molecule has 0 fully saturated rings. The monoisotopic (exact) mass is 280 g/mol. The molecule has 0 spiro atoms. The summed E-state index contributed by atoms with van der Waals surface area (Å²) in [6.45, 7) is 2.05. The molecular weight excluding hydrogens is 260 g/mol. The topological polar surface area (TPSA) is 92.4 Å². The number of hydrogen-bond donors (Lipinski definition) is 2. The number of carboxylic acids is 1. The number of nitrogens with one attached hydrogen (secondary N) is 1. The van der Waals surface area contributed by atoms with Gasteiger partial charge in [-0.1, -0.05) is 18.5 Å². The van der Waals surface area contributed by atoms with Gasteiger partial charge in [0.25, 0.3) is 5.91 Å². The Balaban J connectivity index is 1.98. The fraction of sp³-hybridized carbons (Fsp3) is 0.643. The molecule has 1 aliphatic rings. The number of aryl methyl sites for hydroxylation is 1. The third-order valence-corrected chi connectivity index (χ3v) is 3.66. The Morgan fingerprint density at radius 2 is 2.15 bits per heavy atom. The first-order chi connectivity index (χ1) is 9.63.